The number of nitrogens with two attached hydrogens (primary N) is 1. The van der Waals surface area contributed by atoms with Gasteiger partial charge in [-0.15, -0.1) is 0 Å². The van der Waals surface area contributed by atoms with Gasteiger partial charge in [0.2, 0.25) is 0 Å². The first kappa shape index (κ1) is 10.5. The number of methoxy groups -OCH3 is 1. The third kappa shape index (κ3) is 1.85. The van der Waals surface area contributed by atoms with Crippen molar-refractivity contribution < 1.29 is 9.84 Å². The molecule has 0 saturated heterocycles. The van der Waals surface area contributed by atoms with E-state index in [0.717, 1.165) is 30.4 Å². The third-order valence-electron chi connectivity index (χ3n) is 3.10. The molecule has 1 aromatic rings. The van der Waals surface area contributed by atoms with Gasteiger partial charge in [-0.1, -0.05) is 6.07 Å². The second kappa shape index (κ2) is 3.83. The van der Waals surface area contributed by atoms with Crippen LogP contribution >= 0.6 is 0 Å². The number of fused-ring (bicyclic) bond motifs is 1. The number of aromatic hydroxyl groups is 1. The van der Waals surface area contributed by atoms with Gasteiger partial charge >= 0.3 is 0 Å². The van der Waals surface area contributed by atoms with Crippen molar-refractivity contribution in [2.24, 2.45) is 5.73 Å². The Morgan fingerprint density at radius 2 is 2.33 bits per heavy atom. The average molecular weight is 207 g/mol. The van der Waals surface area contributed by atoms with Crippen LogP contribution in [-0.4, -0.2) is 18.8 Å². The van der Waals surface area contributed by atoms with Crippen molar-refractivity contribution in [3.05, 3.63) is 29.3 Å². The van der Waals surface area contributed by atoms with Gasteiger partial charge in [-0.2, -0.15) is 0 Å². The van der Waals surface area contributed by atoms with Gasteiger partial charge in [-0.05, 0) is 42.5 Å². The van der Waals surface area contributed by atoms with Crippen LogP contribution in [0.5, 0.6) is 5.75 Å². The fourth-order valence-electron chi connectivity index (χ4n) is 2.41. The molecule has 1 aliphatic rings. The lowest BCUT2D eigenvalue weighted by Crippen LogP contribution is -2.44. The summed E-state index contributed by atoms with van der Waals surface area (Å²) >= 11 is 0. The molecule has 0 fully saturated rings. The van der Waals surface area contributed by atoms with E-state index in [9.17, 15) is 5.11 Å². The lowest BCUT2D eigenvalue weighted by molar-refractivity contribution is 0.121. The molecule has 1 aliphatic carbocycles. The lowest BCUT2D eigenvalue weighted by Gasteiger charge is -2.35. The van der Waals surface area contributed by atoms with Crippen LogP contribution in [-0.2, 0) is 16.7 Å². The fourth-order valence-corrected chi connectivity index (χ4v) is 2.41. The molecular weight excluding hydrogens is 190 g/mol. The van der Waals surface area contributed by atoms with Crippen molar-refractivity contribution in [3.63, 3.8) is 0 Å². The zero-order chi connectivity index (χ0) is 10.9. The summed E-state index contributed by atoms with van der Waals surface area (Å²) < 4.78 is 5.18. The smallest absolute Gasteiger partial charge is 0.115 e. The van der Waals surface area contributed by atoms with Crippen molar-refractivity contribution >= 4 is 0 Å². The molecule has 0 amide bonds. The maximum Gasteiger partial charge on any atom is 0.115 e. The standard InChI is InChI=1S/C12H17NO2/c1-15-8-12(13)6-2-3-9-7-10(14)4-5-11(9)12/h4-5,7,14H,2-3,6,8,13H2,1H3. The van der Waals surface area contributed by atoms with Crippen LogP contribution in [0.15, 0.2) is 18.2 Å². The highest BCUT2D eigenvalue weighted by atomic mass is 16.5. The molecule has 0 radical (unpaired) electrons. The van der Waals surface area contributed by atoms with Crippen molar-refractivity contribution in [3.8, 4) is 5.75 Å². The summed E-state index contributed by atoms with van der Waals surface area (Å²) in [5.74, 6) is 0.315. The summed E-state index contributed by atoms with van der Waals surface area (Å²) in [6.45, 7) is 0.533. The topological polar surface area (TPSA) is 55.5 Å². The molecule has 0 spiro atoms. The molecule has 1 atom stereocenters. The highest BCUT2D eigenvalue weighted by Crippen LogP contribution is 2.35. The molecule has 0 bridgehead atoms. The van der Waals surface area contributed by atoms with E-state index in [4.69, 9.17) is 10.5 Å². The molecule has 3 N–H and O–H groups in total. The number of hydrogen-bond donors (Lipinski definition) is 2. The number of hydrogen-bond acceptors (Lipinski definition) is 3. The van der Waals surface area contributed by atoms with Gasteiger partial charge < -0.3 is 15.6 Å². The summed E-state index contributed by atoms with van der Waals surface area (Å²) in [4.78, 5) is 0. The predicted molar refractivity (Wildman–Crippen MR) is 58.8 cm³/mol. The van der Waals surface area contributed by atoms with Crippen LogP contribution in [0.2, 0.25) is 0 Å². The number of phenols is 1. The largest absolute Gasteiger partial charge is 0.508 e. The molecule has 0 saturated carbocycles. The van der Waals surface area contributed by atoms with E-state index in [2.05, 4.69) is 0 Å². The van der Waals surface area contributed by atoms with Gasteiger partial charge in [0.1, 0.15) is 5.75 Å². The molecule has 15 heavy (non-hydrogen) atoms. The molecule has 3 heteroatoms. The minimum absolute atomic E-state index is 0.315. The molecule has 3 nitrogen and oxygen atoms in total. The van der Waals surface area contributed by atoms with E-state index in [1.807, 2.05) is 12.1 Å². The zero-order valence-electron chi connectivity index (χ0n) is 8.99. The molecule has 82 valence electrons. The highest BCUT2D eigenvalue weighted by Gasteiger charge is 2.32. The second-order valence-corrected chi connectivity index (χ2v) is 4.28. The molecule has 1 unspecified atom stereocenters. The van der Waals surface area contributed by atoms with Crippen LogP contribution in [0.4, 0.5) is 0 Å². The number of rotatable bonds is 2. The highest BCUT2D eigenvalue weighted by molar-refractivity contribution is 5.41. The van der Waals surface area contributed by atoms with Crippen LogP contribution < -0.4 is 5.73 Å². The van der Waals surface area contributed by atoms with Crippen LogP contribution in [0.25, 0.3) is 0 Å². The summed E-state index contributed by atoms with van der Waals surface area (Å²) in [5.41, 5.74) is 8.22. The summed E-state index contributed by atoms with van der Waals surface area (Å²) in [5, 5.41) is 9.42. The zero-order valence-corrected chi connectivity index (χ0v) is 8.99. The van der Waals surface area contributed by atoms with E-state index in [1.165, 1.54) is 0 Å². The third-order valence-corrected chi connectivity index (χ3v) is 3.10. The Hall–Kier alpha value is -1.06. The van der Waals surface area contributed by atoms with E-state index < -0.39 is 0 Å². The van der Waals surface area contributed by atoms with Gasteiger partial charge in [0.05, 0.1) is 12.1 Å². The normalized spacial score (nSPS) is 24.9. The average Bonchev–Trinajstić information content (AvgIpc) is 2.17. The monoisotopic (exact) mass is 207 g/mol. The van der Waals surface area contributed by atoms with E-state index in [0.29, 0.717) is 12.4 Å². The number of aryl methyl sites for hydroxylation is 1. The van der Waals surface area contributed by atoms with Gasteiger partial charge in [0.15, 0.2) is 0 Å². The van der Waals surface area contributed by atoms with Crippen molar-refractivity contribution in [2.75, 3.05) is 13.7 Å². The van der Waals surface area contributed by atoms with Gasteiger partial charge in [-0.3, -0.25) is 0 Å². The Morgan fingerprint density at radius 1 is 1.53 bits per heavy atom. The molecule has 0 aromatic heterocycles. The maximum absolute atomic E-state index is 9.42. The Bertz CT molecular complexity index is 365. The Balaban J connectivity index is 2.42. The number of phenolic OH excluding ortho intramolecular Hbond substituents is 1. The second-order valence-electron chi connectivity index (χ2n) is 4.28. The molecule has 1 aromatic carbocycles. The molecule has 2 rings (SSSR count). The van der Waals surface area contributed by atoms with Crippen LogP contribution in [0, 0.1) is 0 Å². The van der Waals surface area contributed by atoms with Crippen LogP contribution in [0.3, 0.4) is 0 Å². The quantitative estimate of drug-likeness (QED) is 0.773. The summed E-state index contributed by atoms with van der Waals surface area (Å²) in [7, 11) is 1.67. The predicted octanol–water partition coefficient (Wildman–Crippen LogP) is 1.53. The number of benzene rings is 1. The Morgan fingerprint density at radius 3 is 3.07 bits per heavy atom. The van der Waals surface area contributed by atoms with Gasteiger partial charge in [0.25, 0.3) is 0 Å². The minimum atomic E-state index is -0.379. The van der Waals surface area contributed by atoms with Crippen molar-refractivity contribution in [1.29, 1.82) is 0 Å². The van der Waals surface area contributed by atoms with Crippen molar-refractivity contribution in [1.82, 2.24) is 0 Å². The SMILES string of the molecule is COCC1(N)CCCc2cc(O)ccc21. The Labute approximate surface area is 89.9 Å². The maximum atomic E-state index is 9.42. The first-order valence-electron chi connectivity index (χ1n) is 5.26. The first-order chi connectivity index (χ1) is 7.15. The first-order valence-corrected chi connectivity index (χ1v) is 5.26. The van der Waals surface area contributed by atoms with Gasteiger partial charge in [0, 0.05) is 7.11 Å². The van der Waals surface area contributed by atoms with E-state index in [-0.39, 0.29) is 5.54 Å². The van der Waals surface area contributed by atoms with Crippen LogP contribution in [0.1, 0.15) is 24.0 Å². The number of ether oxygens (including phenoxy) is 1. The van der Waals surface area contributed by atoms with Gasteiger partial charge in [-0.25, -0.2) is 0 Å². The lowest BCUT2D eigenvalue weighted by atomic mass is 9.77. The Kier molecular flexibility index (Phi) is 2.67. The summed E-state index contributed by atoms with van der Waals surface area (Å²) in [6.07, 6.45) is 2.99. The van der Waals surface area contributed by atoms with E-state index >= 15 is 0 Å². The summed E-state index contributed by atoms with van der Waals surface area (Å²) in [6, 6.07) is 5.43. The molecule has 0 heterocycles. The molecular formula is C12H17NO2. The fraction of sp³-hybridized carbons (Fsp3) is 0.500. The minimum Gasteiger partial charge on any atom is -0.508 e. The van der Waals surface area contributed by atoms with E-state index in [1.54, 1.807) is 13.2 Å². The molecule has 0 aliphatic heterocycles. The van der Waals surface area contributed by atoms with Crippen molar-refractivity contribution in [2.45, 2.75) is 24.8 Å².